The first-order valence-electron chi connectivity index (χ1n) is 9.19. The minimum Gasteiger partial charge on any atom is -0.495 e. The molecule has 24 heavy (non-hydrogen) atoms. The fourth-order valence-corrected chi connectivity index (χ4v) is 4.60. The molecule has 4 nitrogen and oxygen atoms in total. The Balaban J connectivity index is 1.58. The van der Waals surface area contributed by atoms with E-state index in [0.29, 0.717) is 5.92 Å². The van der Waals surface area contributed by atoms with Crippen LogP contribution in [0.4, 0.5) is 5.69 Å². The Bertz CT molecular complexity index is 601. The van der Waals surface area contributed by atoms with Crippen LogP contribution in [-0.2, 0) is 4.79 Å². The average molecular weight is 330 g/mol. The number of benzene rings is 1. The average Bonchev–Trinajstić information content (AvgIpc) is 3.18. The molecule has 132 valence electrons. The summed E-state index contributed by atoms with van der Waals surface area (Å²) in [5, 5.41) is 6.53. The number of ether oxygens (including phenoxy) is 1. The maximum atomic E-state index is 12.6. The van der Waals surface area contributed by atoms with Gasteiger partial charge in [0.2, 0.25) is 5.91 Å². The number of anilines is 1. The van der Waals surface area contributed by atoms with Crippen LogP contribution in [0.1, 0.15) is 45.1 Å². The molecule has 1 amide bonds. The molecule has 4 heteroatoms. The fraction of sp³-hybridized carbons (Fsp3) is 0.650. The predicted octanol–water partition coefficient (Wildman–Crippen LogP) is 3.74. The molecule has 2 saturated carbocycles. The van der Waals surface area contributed by atoms with Gasteiger partial charge in [0.1, 0.15) is 11.8 Å². The van der Waals surface area contributed by atoms with Gasteiger partial charge < -0.3 is 15.4 Å². The van der Waals surface area contributed by atoms with Crippen molar-refractivity contribution in [1.82, 2.24) is 5.32 Å². The fourth-order valence-electron chi connectivity index (χ4n) is 4.60. The van der Waals surface area contributed by atoms with E-state index >= 15 is 0 Å². The summed E-state index contributed by atoms with van der Waals surface area (Å²) in [7, 11) is 1.65. The second-order valence-electron chi connectivity index (χ2n) is 7.71. The van der Waals surface area contributed by atoms with Gasteiger partial charge in [0, 0.05) is 6.04 Å². The molecule has 2 aliphatic carbocycles. The van der Waals surface area contributed by atoms with E-state index in [4.69, 9.17) is 4.74 Å². The van der Waals surface area contributed by atoms with Crippen LogP contribution in [0.3, 0.4) is 0 Å². The van der Waals surface area contributed by atoms with Gasteiger partial charge in [-0.1, -0.05) is 12.5 Å². The SMILES string of the molecule is COc1ccc(C)cc1NC(C)C(=O)NC(C)C1CC2CCC1C2. The second kappa shape index (κ2) is 7.04. The van der Waals surface area contributed by atoms with Crippen molar-refractivity contribution >= 4 is 11.6 Å². The number of carbonyl (C=O) groups excluding carboxylic acids is 1. The summed E-state index contributed by atoms with van der Waals surface area (Å²) in [5.74, 6) is 3.22. The molecule has 0 heterocycles. The monoisotopic (exact) mass is 330 g/mol. The zero-order valence-corrected chi connectivity index (χ0v) is 15.3. The van der Waals surface area contributed by atoms with E-state index in [9.17, 15) is 4.79 Å². The van der Waals surface area contributed by atoms with Gasteiger partial charge in [-0.25, -0.2) is 0 Å². The van der Waals surface area contributed by atoms with Gasteiger partial charge in [0.25, 0.3) is 0 Å². The van der Waals surface area contributed by atoms with Crippen molar-refractivity contribution in [2.75, 3.05) is 12.4 Å². The smallest absolute Gasteiger partial charge is 0.242 e. The molecule has 0 aromatic heterocycles. The lowest BCUT2D eigenvalue weighted by Gasteiger charge is -2.29. The molecular formula is C20H30N2O2. The molecule has 0 spiro atoms. The lowest BCUT2D eigenvalue weighted by molar-refractivity contribution is -0.122. The molecule has 5 atom stereocenters. The number of hydrogen-bond donors (Lipinski definition) is 2. The zero-order chi connectivity index (χ0) is 17.3. The van der Waals surface area contributed by atoms with Crippen molar-refractivity contribution in [3.63, 3.8) is 0 Å². The van der Waals surface area contributed by atoms with Crippen LogP contribution in [0.25, 0.3) is 0 Å². The van der Waals surface area contributed by atoms with Gasteiger partial charge in [-0.3, -0.25) is 4.79 Å². The first-order chi connectivity index (χ1) is 11.5. The van der Waals surface area contributed by atoms with Crippen molar-refractivity contribution in [2.24, 2.45) is 17.8 Å². The number of carbonyl (C=O) groups is 1. The van der Waals surface area contributed by atoms with Crippen LogP contribution < -0.4 is 15.4 Å². The van der Waals surface area contributed by atoms with E-state index in [-0.39, 0.29) is 18.0 Å². The maximum absolute atomic E-state index is 12.6. The van der Waals surface area contributed by atoms with Crippen molar-refractivity contribution in [3.05, 3.63) is 23.8 Å². The minimum atomic E-state index is -0.290. The largest absolute Gasteiger partial charge is 0.495 e. The zero-order valence-electron chi connectivity index (χ0n) is 15.3. The van der Waals surface area contributed by atoms with Crippen LogP contribution in [0.2, 0.25) is 0 Å². The van der Waals surface area contributed by atoms with E-state index in [1.54, 1.807) is 7.11 Å². The molecular weight excluding hydrogens is 300 g/mol. The topological polar surface area (TPSA) is 50.4 Å². The molecule has 1 aromatic rings. The highest BCUT2D eigenvalue weighted by molar-refractivity contribution is 5.85. The van der Waals surface area contributed by atoms with E-state index in [1.165, 1.54) is 25.7 Å². The van der Waals surface area contributed by atoms with Crippen LogP contribution in [-0.4, -0.2) is 25.1 Å². The van der Waals surface area contributed by atoms with Crippen LogP contribution in [0.15, 0.2) is 18.2 Å². The number of aryl methyl sites for hydroxylation is 1. The Morgan fingerprint density at radius 3 is 2.67 bits per heavy atom. The van der Waals surface area contributed by atoms with E-state index in [2.05, 4.69) is 17.6 Å². The van der Waals surface area contributed by atoms with Crippen LogP contribution >= 0.6 is 0 Å². The third-order valence-electron chi connectivity index (χ3n) is 5.93. The van der Waals surface area contributed by atoms with Gasteiger partial charge in [0.15, 0.2) is 0 Å². The molecule has 2 fully saturated rings. The number of methoxy groups -OCH3 is 1. The van der Waals surface area contributed by atoms with Crippen LogP contribution in [0.5, 0.6) is 5.75 Å². The second-order valence-corrected chi connectivity index (χ2v) is 7.71. The summed E-state index contributed by atoms with van der Waals surface area (Å²) in [6, 6.07) is 5.92. The normalized spacial score (nSPS) is 27.6. The van der Waals surface area contributed by atoms with Gasteiger partial charge in [-0.15, -0.1) is 0 Å². The standard InChI is InChI=1S/C20H30N2O2/c1-12-5-8-19(24-4)18(9-12)21-14(3)20(23)22-13(2)17-11-15-6-7-16(17)10-15/h5,8-9,13-17,21H,6-7,10-11H2,1-4H3,(H,22,23). The van der Waals surface area contributed by atoms with Crippen molar-refractivity contribution in [1.29, 1.82) is 0 Å². The number of nitrogens with one attached hydrogen (secondary N) is 2. The molecule has 2 bridgehead atoms. The molecule has 0 aliphatic heterocycles. The quantitative estimate of drug-likeness (QED) is 0.835. The summed E-state index contributed by atoms with van der Waals surface area (Å²) in [5.41, 5.74) is 2.01. The number of hydrogen-bond acceptors (Lipinski definition) is 3. The number of amides is 1. The third kappa shape index (κ3) is 3.52. The van der Waals surface area contributed by atoms with Gasteiger partial charge in [0.05, 0.1) is 12.8 Å². The Morgan fingerprint density at radius 2 is 2.04 bits per heavy atom. The minimum absolute atomic E-state index is 0.0637. The summed E-state index contributed by atoms with van der Waals surface area (Å²) in [6.07, 6.45) is 5.41. The Kier molecular flexibility index (Phi) is 5.02. The van der Waals surface area contributed by atoms with Crippen LogP contribution in [0, 0.1) is 24.7 Å². The first kappa shape index (κ1) is 17.1. The molecule has 0 saturated heterocycles. The molecule has 3 rings (SSSR count). The summed E-state index contributed by atoms with van der Waals surface area (Å²) in [6.45, 7) is 6.11. The highest BCUT2D eigenvalue weighted by Crippen LogP contribution is 2.49. The summed E-state index contributed by atoms with van der Waals surface area (Å²) in [4.78, 5) is 12.6. The van der Waals surface area contributed by atoms with E-state index in [1.807, 2.05) is 32.0 Å². The Labute approximate surface area is 145 Å². The number of rotatable bonds is 6. The molecule has 2 N–H and O–H groups in total. The Morgan fingerprint density at radius 1 is 1.25 bits per heavy atom. The highest BCUT2D eigenvalue weighted by atomic mass is 16.5. The van der Waals surface area contributed by atoms with Gasteiger partial charge in [-0.05, 0) is 75.5 Å². The summed E-state index contributed by atoms with van der Waals surface area (Å²) < 4.78 is 5.38. The lowest BCUT2D eigenvalue weighted by atomic mass is 9.84. The van der Waals surface area contributed by atoms with Crippen molar-refractivity contribution < 1.29 is 9.53 Å². The van der Waals surface area contributed by atoms with Crippen molar-refractivity contribution in [2.45, 2.75) is 58.5 Å². The highest BCUT2D eigenvalue weighted by Gasteiger charge is 2.42. The van der Waals surface area contributed by atoms with Crippen molar-refractivity contribution in [3.8, 4) is 5.75 Å². The van der Waals surface area contributed by atoms with Gasteiger partial charge in [-0.2, -0.15) is 0 Å². The first-order valence-corrected chi connectivity index (χ1v) is 9.19. The molecule has 1 aromatic carbocycles. The predicted molar refractivity (Wildman–Crippen MR) is 97.4 cm³/mol. The lowest BCUT2D eigenvalue weighted by Crippen LogP contribution is -2.46. The van der Waals surface area contributed by atoms with Gasteiger partial charge >= 0.3 is 0 Å². The third-order valence-corrected chi connectivity index (χ3v) is 5.93. The molecule has 5 unspecified atom stereocenters. The van der Waals surface area contributed by atoms with E-state index in [0.717, 1.165) is 28.8 Å². The summed E-state index contributed by atoms with van der Waals surface area (Å²) >= 11 is 0. The maximum Gasteiger partial charge on any atom is 0.242 e. The Hall–Kier alpha value is -1.71. The number of fused-ring (bicyclic) bond motifs is 2. The van der Waals surface area contributed by atoms with E-state index < -0.39 is 0 Å². The molecule has 0 radical (unpaired) electrons. The molecule has 2 aliphatic rings.